The molecule has 2 aromatic rings. The molecule has 0 aliphatic carbocycles. The Morgan fingerprint density at radius 1 is 1.25 bits per heavy atom. The summed E-state index contributed by atoms with van der Waals surface area (Å²) in [4.78, 5) is 22.9. The lowest BCUT2D eigenvalue weighted by atomic mass is 10.3. The van der Waals surface area contributed by atoms with Crippen molar-refractivity contribution in [2.75, 3.05) is 25.0 Å². The topological polar surface area (TPSA) is 67.4 Å². The van der Waals surface area contributed by atoms with Gasteiger partial charge in [-0.2, -0.15) is 0 Å². The lowest BCUT2D eigenvalue weighted by Crippen LogP contribution is -2.35. The standard InChI is InChI=1S/C18H22N4O2/c1-13-10-14(2)20-18(19-13)21-15-8-9-22(11-15)17(23)12-24-16-6-4-3-5-7-16/h3-7,10,15H,8-9,11-12H2,1-2H3,(H,19,20,21)/t15-/m0/s1. The van der Waals surface area contributed by atoms with Crippen LogP contribution in [0.5, 0.6) is 5.75 Å². The number of benzene rings is 1. The van der Waals surface area contributed by atoms with Gasteiger partial charge in [0.1, 0.15) is 5.75 Å². The maximum Gasteiger partial charge on any atom is 0.260 e. The first kappa shape index (κ1) is 16.2. The molecule has 126 valence electrons. The lowest BCUT2D eigenvalue weighted by molar-refractivity contribution is -0.132. The molecule has 3 rings (SSSR count). The predicted octanol–water partition coefficient (Wildman–Crippen LogP) is 2.19. The fourth-order valence-electron chi connectivity index (χ4n) is 2.83. The molecule has 1 aliphatic rings. The molecule has 1 aromatic heterocycles. The second kappa shape index (κ2) is 7.29. The lowest BCUT2D eigenvalue weighted by Gasteiger charge is -2.17. The SMILES string of the molecule is Cc1cc(C)nc(N[C@H]2CCN(C(=O)COc3ccccc3)C2)n1. The summed E-state index contributed by atoms with van der Waals surface area (Å²) in [5.41, 5.74) is 1.87. The van der Waals surface area contributed by atoms with E-state index >= 15 is 0 Å². The molecule has 1 aliphatic heterocycles. The van der Waals surface area contributed by atoms with Crippen LogP contribution in [0.25, 0.3) is 0 Å². The monoisotopic (exact) mass is 326 g/mol. The van der Waals surface area contributed by atoms with E-state index in [4.69, 9.17) is 4.74 Å². The second-order valence-electron chi connectivity index (χ2n) is 6.05. The molecule has 1 aromatic carbocycles. The van der Waals surface area contributed by atoms with Crippen molar-refractivity contribution in [2.24, 2.45) is 0 Å². The van der Waals surface area contributed by atoms with Gasteiger partial charge in [0.25, 0.3) is 5.91 Å². The highest BCUT2D eigenvalue weighted by molar-refractivity contribution is 5.78. The number of aryl methyl sites for hydroxylation is 2. The summed E-state index contributed by atoms with van der Waals surface area (Å²) in [5.74, 6) is 1.35. The molecular weight excluding hydrogens is 304 g/mol. The van der Waals surface area contributed by atoms with E-state index in [1.54, 1.807) is 0 Å². The molecule has 1 saturated heterocycles. The number of carbonyl (C=O) groups excluding carboxylic acids is 1. The summed E-state index contributed by atoms with van der Waals surface area (Å²) >= 11 is 0. The van der Waals surface area contributed by atoms with Crippen molar-refractivity contribution in [2.45, 2.75) is 26.3 Å². The Balaban J connectivity index is 1.50. The summed E-state index contributed by atoms with van der Waals surface area (Å²) < 4.78 is 5.53. The molecule has 0 saturated carbocycles. The van der Waals surface area contributed by atoms with Crippen LogP contribution in [0.4, 0.5) is 5.95 Å². The minimum Gasteiger partial charge on any atom is -0.484 e. The van der Waals surface area contributed by atoms with Crippen LogP contribution in [0.2, 0.25) is 0 Å². The number of aromatic nitrogens is 2. The van der Waals surface area contributed by atoms with Crippen LogP contribution < -0.4 is 10.1 Å². The molecule has 1 N–H and O–H groups in total. The van der Waals surface area contributed by atoms with Crippen molar-refractivity contribution in [3.8, 4) is 5.75 Å². The maximum absolute atomic E-state index is 12.3. The number of anilines is 1. The highest BCUT2D eigenvalue weighted by Gasteiger charge is 2.26. The number of rotatable bonds is 5. The number of hydrogen-bond acceptors (Lipinski definition) is 5. The van der Waals surface area contributed by atoms with Crippen molar-refractivity contribution >= 4 is 11.9 Å². The van der Waals surface area contributed by atoms with E-state index in [2.05, 4.69) is 15.3 Å². The fourth-order valence-corrected chi connectivity index (χ4v) is 2.83. The van der Waals surface area contributed by atoms with Crippen molar-refractivity contribution in [3.05, 3.63) is 47.8 Å². The maximum atomic E-state index is 12.3. The summed E-state index contributed by atoms with van der Waals surface area (Å²) in [6, 6.07) is 11.5. The fraction of sp³-hybridized carbons (Fsp3) is 0.389. The predicted molar refractivity (Wildman–Crippen MR) is 92.1 cm³/mol. The van der Waals surface area contributed by atoms with Gasteiger partial charge >= 0.3 is 0 Å². The molecule has 6 nitrogen and oxygen atoms in total. The second-order valence-corrected chi connectivity index (χ2v) is 6.05. The first-order valence-electron chi connectivity index (χ1n) is 8.14. The van der Waals surface area contributed by atoms with Gasteiger partial charge in [0.15, 0.2) is 6.61 Å². The molecule has 0 radical (unpaired) electrons. The van der Waals surface area contributed by atoms with E-state index in [0.717, 1.165) is 24.4 Å². The molecule has 0 unspecified atom stereocenters. The van der Waals surface area contributed by atoms with Gasteiger partial charge in [-0.15, -0.1) is 0 Å². The van der Waals surface area contributed by atoms with E-state index in [1.807, 2.05) is 55.1 Å². The number of nitrogens with zero attached hydrogens (tertiary/aromatic N) is 3. The average molecular weight is 326 g/mol. The Morgan fingerprint density at radius 3 is 2.67 bits per heavy atom. The molecule has 24 heavy (non-hydrogen) atoms. The van der Waals surface area contributed by atoms with Gasteiger partial charge in [0.2, 0.25) is 5.95 Å². The summed E-state index contributed by atoms with van der Waals surface area (Å²) in [7, 11) is 0. The highest BCUT2D eigenvalue weighted by Crippen LogP contribution is 2.15. The first-order chi connectivity index (χ1) is 11.6. The third kappa shape index (κ3) is 4.22. The molecule has 2 heterocycles. The van der Waals surface area contributed by atoms with Gasteiger partial charge in [0.05, 0.1) is 0 Å². The smallest absolute Gasteiger partial charge is 0.260 e. The van der Waals surface area contributed by atoms with Gasteiger partial charge in [-0.1, -0.05) is 18.2 Å². The van der Waals surface area contributed by atoms with E-state index in [-0.39, 0.29) is 18.6 Å². The Kier molecular flexibility index (Phi) is 4.93. The largest absolute Gasteiger partial charge is 0.484 e. The van der Waals surface area contributed by atoms with Crippen LogP contribution in [0.15, 0.2) is 36.4 Å². The van der Waals surface area contributed by atoms with Crippen LogP contribution >= 0.6 is 0 Å². The number of carbonyl (C=O) groups is 1. The molecule has 0 spiro atoms. The zero-order chi connectivity index (χ0) is 16.9. The number of hydrogen-bond donors (Lipinski definition) is 1. The summed E-state index contributed by atoms with van der Waals surface area (Å²) in [5, 5.41) is 3.32. The van der Waals surface area contributed by atoms with E-state index in [0.29, 0.717) is 18.2 Å². The van der Waals surface area contributed by atoms with Crippen LogP contribution in [-0.4, -0.2) is 46.5 Å². The quantitative estimate of drug-likeness (QED) is 0.912. The van der Waals surface area contributed by atoms with E-state index < -0.39 is 0 Å². The number of para-hydroxylation sites is 1. The van der Waals surface area contributed by atoms with Gasteiger partial charge in [-0.3, -0.25) is 4.79 Å². The van der Waals surface area contributed by atoms with Gasteiger partial charge in [0, 0.05) is 30.5 Å². The normalized spacial score (nSPS) is 16.9. The third-order valence-corrected chi connectivity index (χ3v) is 3.96. The van der Waals surface area contributed by atoms with Gasteiger partial charge in [-0.25, -0.2) is 9.97 Å². The Morgan fingerprint density at radius 2 is 1.96 bits per heavy atom. The number of likely N-dealkylation sites (tertiary alicyclic amines) is 1. The first-order valence-corrected chi connectivity index (χ1v) is 8.14. The number of amides is 1. The molecule has 1 atom stereocenters. The summed E-state index contributed by atoms with van der Waals surface area (Å²) in [6.07, 6.45) is 0.882. The number of ether oxygens (including phenoxy) is 1. The molecule has 0 bridgehead atoms. The zero-order valence-corrected chi connectivity index (χ0v) is 14.0. The van der Waals surface area contributed by atoms with Crippen LogP contribution in [0.1, 0.15) is 17.8 Å². The van der Waals surface area contributed by atoms with E-state index in [9.17, 15) is 4.79 Å². The van der Waals surface area contributed by atoms with Crippen LogP contribution in [0, 0.1) is 13.8 Å². The highest BCUT2D eigenvalue weighted by atomic mass is 16.5. The Labute approximate surface area is 141 Å². The molecule has 1 fully saturated rings. The minimum absolute atomic E-state index is 0.00416. The van der Waals surface area contributed by atoms with Crippen molar-refractivity contribution < 1.29 is 9.53 Å². The van der Waals surface area contributed by atoms with Crippen LogP contribution in [-0.2, 0) is 4.79 Å². The molecule has 6 heteroatoms. The van der Waals surface area contributed by atoms with E-state index in [1.165, 1.54) is 0 Å². The minimum atomic E-state index is 0.00416. The third-order valence-electron chi connectivity index (χ3n) is 3.96. The van der Waals surface area contributed by atoms with Crippen molar-refractivity contribution in [3.63, 3.8) is 0 Å². The molecule has 1 amide bonds. The average Bonchev–Trinajstić information content (AvgIpc) is 3.01. The Bertz CT molecular complexity index is 685. The van der Waals surface area contributed by atoms with Gasteiger partial charge < -0.3 is 15.0 Å². The number of nitrogens with one attached hydrogen (secondary N) is 1. The summed E-state index contributed by atoms with van der Waals surface area (Å²) in [6.45, 7) is 5.33. The van der Waals surface area contributed by atoms with Crippen molar-refractivity contribution in [1.82, 2.24) is 14.9 Å². The Hall–Kier alpha value is -2.63. The molecular formula is C18H22N4O2. The van der Waals surface area contributed by atoms with Crippen molar-refractivity contribution in [1.29, 1.82) is 0 Å². The van der Waals surface area contributed by atoms with Crippen LogP contribution in [0.3, 0.4) is 0 Å². The van der Waals surface area contributed by atoms with Gasteiger partial charge in [-0.05, 0) is 38.5 Å². The zero-order valence-electron chi connectivity index (χ0n) is 14.0.